The summed E-state index contributed by atoms with van der Waals surface area (Å²) >= 11 is 0. The molecular formula is C37H68N4O9. The van der Waals surface area contributed by atoms with Gasteiger partial charge in [0.25, 0.3) is 0 Å². The second kappa shape index (κ2) is 19.8. The molecule has 2 fully saturated rings. The molecule has 2 rings (SSSR count). The number of ether oxygens (including phenoxy) is 4. The molecule has 0 atom stereocenters. The molecule has 2 amide bonds. The maximum atomic E-state index is 12.6. The van der Waals surface area contributed by atoms with Gasteiger partial charge in [0.05, 0.1) is 13.7 Å². The molecule has 50 heavy (non-hydrogen) atoms. The summed E-state index contributed by atoms with van der Waals surface area (Å²) in [5.41, 5.74) is -0.926. The van der Waals surface area contributed by atoms with E-state index in [1.54, 1.807) is 0 Å². The van der Waals surface area contributed by atoms with Gasteiger partial charge in [0.2, 0.25) is 0 Å². The number of alkyl carbamates (subject to hydrolysis) is 2. The molecule has 2 aliphatic heterocycles. The lowest BCUT2D eigenvalue weighted by Gasteiger charge is -2.54. The Hall–Kier alpha value is -2.64. The molecule has 0 aromatic carbocycles. The monoisotopic (exact) mass is 712 g/mol. The van der Waals surface area contributed by atoms with Gasteiger partial charge in [-0.25, -0.2) is 9.59 Å². The van der Waals surface area contributed by atoms with Gasteiger partial charge >= 0.3 is 24.1 Å². The quantitative estimate of drug-likeness (QED) is 0.0906. The Labute approximate surface area is 300 Å². The van der Waals surface area contributed by atoms with Crippen molar-refractivity contribution in [2.45, 2.75) is 167 Å². The van der Waals surface area contributed by atoms with Gasteiger partial charge in [0.1, 0.15) is 18.8 Å². The van der Waals surface area contributed by atoms with Crippen LogP contribution < -0.4 is 10.6 Å². The summed E-state index contributed by atoms with van der Waals surface area (Å²) in [7, 11) is 1.38. The SMILES string of the molecule is COC(=O)CCCCCNC(=O)OC1CC(C)(C)N(CCOC(=O)NCCCCCC(=O)OC2CC(C)(C)N(CCO)C(C)(C)C2)C(C)(C)C1. The van der Waals surface area contributed by atoms with Crippen LogP contribution in [0.3, 0.4) is 0 Å². The van der Waals surface area contributed by atoms with E-state index in [1.165, 1.54) is 7.11 Å². The van der Waals surface area contributed by atoms with Gasteiger partial charge in [-0.05, 0) is 81.1 Å². The Morgan fingerprint density at radius 2 is 1.06 bits per heavy atom. The standard InChI is InChI=1S/C37H68N4O9/c1-34(2)24-28(25-35(3,4)40(34)20-22-42)49-31(44)17-13-11-14-18-38-32(45)48-23-21-41-36(5,6)26-29(27-37(41,7)8)50-33(46)39-19-15-10-12-16-30(43)47-9/h28-29,42H,10-27H2,1-9H3,(H,38,45)(H,39,46). The van der Waals surface area contributed by atoms with E-state index in [1.807, 2.05) is 0 Å². The molecule has 0 radical (unpaired) electrons. The second-order valence-corrected chi connectivity index (χ2v) is 16.4. The number of hydrogen-bond donors (Lipinski definition) is 3. The minimum absolute atomic E-state index is 0.102. The largest absolute Gasteiger partial charge is 0.469 e. The van der Waals surface area contributed by atoms with Gasteiger partial charge in [-0.2, -0.15) is 0 Å². The fourth-order valence-corrected chi connectivity index (χ4v) is 8.27. The normalized spacial score (nSPS) is 20.4. The van der Waals surface area contributed by atoms with E-state index >= 15 is 0 Å². The Morgan fingerprint density at radius 3 is 1.54 bits per heavy atom. The first-order valence-corrected chi connectivity index (χ1v) is 18.6. The molecule has 0 unspecified atom stereocenters. The molecule has 13 heteroatoms. The van der Waals surface area contributed by atoms with Crippen LogP contribution in [0.5, 0.6) is 0 Å². The third-order valence-electron chi connectivity index (χ3n) is 10.2. The first kappa shape index (κ1) is 43.5. The molecule has 2 aliphatic rings. The zero-order valence-electron chi connectivity index (χ0n) is 32.5. The van der Waals surface area contributed by atoms with Gasteiger partial charge in [0, 0.05) is 86.9 Å². The summed E-state index contributed by atoms with van der Waals surface area (Å²) < 4.78 is 21.8. The van der Waals surface area contributed by atoms with Gasteiger partial charge in [0.15, 0.2) is 0 Å². The van der Waals surface area contributed by atoms with Crippen molar-refractivity contribution in [3.8, 4) is 0 Å². The molecule has 0 aromatic heterocycles. The average molecular weight is 713 g/mol. The van der Waals surface area contributed by atoms with Crippen LogP contribution in [0, 0.1) is 0 Å². The van der Waals surface area contributed by atoms with Crippen molar-refractivity contribution < 1.29 is 43.2 Å². The number of nitrogens with one attached hydrogen (secondary N) is 2. The van der Waals surface area contributed by atoms with Crippen molar-refractivity contribution in [2.75, 3.05) is 46.5 Å². The van der Waals surface area contributed by atoms with Crippen molar-refractivity contribution in [3.05, 3.63) is 0 Å². The van der Waals surface area contributed by atoms with Crippen LogP contribution in [0.4, 0.5) is 9.59 Å². The van der Waals surface area contributed by atoms with Crippen molar-refractivity contribution in [1.82, 2.24) is 20.4 Å². The lowest BCUT2D eigenvalue weighted by atomic mass is 9.78. The van der Waals surface area contributed by atoms with E-state index in [0.29, 0.717) is 58.3 Å². The summed E-state index contributed by atoms with van der Waals surface area (Å²) in [6.07, 6.45) is 6.75. The number of piperidine rings is 2. The van der Waals surface area contributed by atoms with Gasteiger partial charge < -0.3 is 34.7 Å². The zero-order chi connectivity index (χ0) is 37.6. The third kappa shape index (κ3) is 14.5. The highest BCUT2D eigenvalue weighted by atomic mass is 16.6. The Kier molecular flexibility index (Phi) is 17.3. The lowest BCUT2D eigenvalue weighted by molar-refractivity contribution is -0.161. The number of unbranched alkanes of at least 4 members (excludes halogenated alkanes) is 4. The van der Waals surface area contributed by atoms with Crippen LogP contribution in [-0.2, 0) is 28.5 Å². The Balaban J connectivity index is 1.61. The van der Waals surface area contributed by atoms with Crippen molar-refractivity contribution in [1.29, 1.82) is 0 Å². The third-order valence-corrected chi connectivity index (χ3v) is 10.2. The number of β-amino-alcohol motifs (C(OH)–C–C–N with tert-alkyl or cyclic N) is 1. The van der Waals surface area contributed by atoms with Gasteiger partial charge in [-0.3, -0.25) is 19.4 Å². The number of rotatable bonds is 19. The number of aliphatic hydroxyl groups is 1. The molecule has 0 spiro atoms. The van der Waals surface area contributed by atoms with Crippen LogP contribution >= 0.6 is 0 Å². The fourth-order valence-electron chi connectivity index (χ4n) is 8.27. The average Bonchev–Trinajstić information content (AvgIpc) is 2.98. The van der Waals surface area contributed by atoms with E-state index in [-0.39, 0.29) is 59.5 Å². The molecule has 3 N–H and O–H groups in total. The molecular weight excluding hydrogens is 644 g/mol. The number of carbonyl (C=O) groups excluding carboxylic acids is 4. The zero-order valence-corrected chi connectivity index (χ0v) is 32.5. The number of hydrogen-bond acceptors (Lipinski definition) is 11. The predicted molar refractivity (Wildman–Crippen MR) is 192 cm³/mol. The number of methoxy groups -OCH3 is 1. The maximum absolute atomic E-state index is 12.6. The predicted octanol–water partition coefficient (Wildman–Crippen LogP) is 5.31. The summed E-state index contributed by atoms with van der Waals surface area (Å²) in [5.74, 6) is -0.407. The molecule has 0 saturated carbocycles. The molecule has 0 aliphatic carbocycles. The number of nitrogens with zero attached hydrogens (tertiary/aromatic N) is 2. The number of amides is 2. The Morgan fingerprint density at radius 1 is 0.620 bits per heavy atom. The lowest BCUT2D eigenvalue weighted by Crippen LogP contribution is -2.63. The van der Waals surface area contributed by atoms with E-state index < -0.39 is 12.2 Å². The molecule has 13 nitrogen and oxygen atoms in total. The van der Waals surface area contributed by atoms with Crippen LogP contribution in [0.15, 0.2) is 0 Å². The summed E-state index contributed by atoms with van der Waals surface area (Å²) in [5, 5.41) is 15.1. The van der Waals surface area contributed by atoms with Crippen LogP contribution in [-0.4, -0.2) is 120 Å². The minimum atomic E-state index is -0.460. The molecule has 0 aromatic rings. The van der Waals surface area contributed by atoms with Crippen LogP contribution in [0.25, 0.3) is 0 Å². The number of likely N-dealkylation sites (tertiary alicyclic amines) is 2. The fraction of sp³-hybridized carbons (Fsp3) is 0.892. The van der Waals surface area contributed by atoms with E-state index in [0.717, 1.165) is 44.9 Å². The minimum Gasteiger partial charge on any atom is -0.469 e. The topological polar surface area (TPSA) is 156 Å². The van der Waals surface area contributed by atoms with Crippen molar-refractivity contribution in [2.24, 2.45) is 0 Å². The van der Waals surface area contributed by atoms with Crippen LogP contribution in [0.2, 0.25) is 0 Å². The highest BCUT2D eigenvalue weighted by Crippen LogP contribution is 2.40. The number of esters is 2. The molecule has 0 bridgehead atoms. The van der Waals surface area contributed by atoms with Gasteiger partial charge in [-0.15, -0.1) is 0 Å². The Bertz CT molecular complexity index is 1060. The summed E-state index contributed by atoms with van der Waals surface area (Å²) in [6, 6.07) is 0. The van der Waals surface area contributed by atoms with Crippen molar-refractivity contribution >= 4 is 24.1 Å². The van der Waals surface area contributed by atoms with E-state index in [9.17, 15) is 24.3 Å². The maximum Gasteiger partial charge on any atom is 0.407 e. The first-order chi connectivity index (χ1) is 23.3. The summed E-state index contributed by atoms with van der Waals surface area (Å²) in [6.45, 7) is 19.4. The summed E-state index contributed by atoms with van der Waals surface area (Å²) in [4.78, 5) is 53.2. The van der Waals surface area contributed by atoms with Gasteiger partial charge in [-0.1, -0.05) is 12.8 Å². The van der Waals surface area contributed by atoms with E-state index in [4.69, 9.17) is 14.2 Å². The second-order valence-electron chi connectivity index (χ2n) is 16.4. The molecule has 290 valence electrons. The first-order valence-electron chi connectivity index (χ1n) is 18.6. The molecule has 2 heterocycles. The smallest absolute Gasteiger partial charge is 0.407 e. The molecule has 2 saturated heterocycles. The number of carbonyl (C=O) groups is 4. The highest BCUT2D eigenvalue weighted by molar-refractivity contribution is 5.70. The highest BCUT2D eigenvalue weighted by Gasteiger charge is 2.47. The number of aliphatic hydroxyl groups excluding tert-OH is 1. The van der Waals surface area contributed by atoms with Crippen molar-refractivity contribution in [3.63, 3.8) is 0 Å². The van der Waals surface area contributed by atoms with E-state index in [2.05, 4.69) is 80.6 Å². The van der Waals surface area contributed by atoms with Crippen LogP contribution in [0.1, 0.15) is 132 Å².